The molecule has 2 aromatic rings. The number of benzene rings is 1. The number of nitro groups is 2. The largest absolute Gasteiger partial charge is 0.423 e. The highest BCUT2D eigenvalue weighted by Crippen LogP contribution is 2.36. The summed E-state index contributed by atoms with van der Waals surface area (Å²) in [4.78, 5) is 26.7. The molecule has 0 saturated carbocycles. The molecule has 0 atom stereocenters. The van der Waals surface area contributed by atoms with Crippen LogP contribution in [-0.4, -0.2) is 19.8 Å². The third-order valence-electron chi connectivity index (χ3n) is 2.29. The third-order valence-corrected chi connectivity index (χ3v) is 2.29. The standard InChI is InChI=1S/C10H6FN5O5/c11-5-2-1-3-6(15(17)18)8(5)21-9-7(16(19)20)4-13-10(12)14-9/h1-4H,(H2,12,13,14). The zero-order chi connectivity index (χ0) is 15.6. The second-order valence-corrected chi connectivity index (χ2v) is 3.62. The molecule has 11 heteroatoms. The molecule has 0 aliphatic rings. The number of nitrogen functional groups attached to an aromatic ring is 1. The molecule has 2 N–H and O–H groups in total. The van der Waals surface area contributed by atoms with E-state index in [1.165, 1.54) is 0 Å². The van der Waals surface area contributed by atoms with Crippen LogP contribution in [0.3, 0.4) is 0 Å². The maximum Gasteiger partial charge on any atom is 0.349 e. The summed E-state index contributed by atoms with van der Waals surface area (Å²) < 4.78 is 18.5. The number of hydrogen-bond acceptors (Lipinski definition) is 8. The minimum atomic E-state index is -1.07. The van der Waals surface area contributed by atoms with E-state index in [2.05, 4.69) is 9.97 Å². The Morgan fingerprint density at radius 3 is 2.48 bits per heavy atom. The minimum Gasteiger partial charge on any atom is -0.423 e. The Hall–Kier alpha value is -3.37. The van der Waals surface area contributed by atoms with Gasteiger partial charge < -0.3 is 10.5 Å². The van der Waals surface area contributed by atoms with Gasteiger partial charge in [0.15, 0.2) is 5.82 Å². The van der Waals surface area contributed by atoms with Gasteiger partial charge in [0.05, 0.1) is 9.85 Å². The summed E-state index contributed by atoms with van der Waals surface area (Å²) in [5.41, 5.74) is 3.85. The highest BCUT2D eigenvalue weighted by Gasteiger charge is 2.25. The summed E-state index contributed by atoms with van der Waals surface area (Å²) >= 11 is 0. The van der Waals surface area contributed by atoms with E-state index >= 15 is 0 Å². The number of nitrogens with zero attached hydrogens (tertiary/aromatic N) is 4. The van der Waals surface area contributed by atoms with E-state index in [4.69, 9.17) is 10.5 Å². The average molecular weight is 295 g/mol. The zero-order valence-electron chi connectivity index (χ0n) is 10.1. The first-order chi connectivity index (χ1) is 9.90. The first-order valence-electron chi connectivity index (χ1n) is 5.28. The Morgan fingerprint density at radius 1 is 1.19 bits per heavy atom. The minimum absolute atomic E-state index is 0.366. The Bertz CT molecular complexity index is 738. The lowest BCUT2D eigenvalue weighted by Crippen LogP contribution is -2.03. The molecular formula is C10H6FN5O5. The van der Waals surface area contributed by atoms with Gasteiger partial charge in [-0.05, 0) is 6.07 Å². The summed E-state index contributed by atoms with van der Waals surface area (Å²) in [6.45, 7) is 0. The Balaban J connectivity index is 2.55. The van der Waals surface area contributed by atoms with Gasteiger partial charge in [-0.15, -0.1) is 0 Å². The topological polar surface area (TPSA) is 147 Å². The zero-order valence-corrected chi connectivity index (χ0v) is 10.1. The Morgan fingerprint density at radius 2 is 1.86 bits per heavy atom. The molecule has 10 nitrogen and oxygen atoms in total. The number of nitrogens with two attached hydrogens (primary N) is 1. The van der Waals surface area contributed by atoms with Gasteiger partial charge in [0.25, 0.3) is 0 Å². The summed E-state index contributed by atoms with van der Waals surface area (Å²) in [5.74, 6) is -2.94. The molecule has 0 saturated heterocycles. The first kappa shape index (κ1) is 14.0. The van der Waals surface area contributed by atoms with Crippen molar-refractivity contribution in [1.29, 1.82) is 0 Å². The van der Waals surface area contributed by atoms with E-state index in [0.717, 1.165) is 24.4 Å². The van der Waals surface area contributed by atoms with Gasteiger partial charge in [0.1, 0.15) is 6.20 Å². The van der Waals surface area contributed by atoms with Gasteiger partial charge in [-0.25, -0.2) is 9.37 Å². The van der Waals surface area contributed by atoms with Crippen LogP contribution in [0.1, 0.15) is 0 Å². The van der Waals surface area contributed by atoms with Crippen molar-refractivity contribution in [2.45, 2.75) is 0 Å². The van der Waals surface area contributed by atoms with E-state index in [1.807, 2.05) is 0 Å². The van der Waals surface area contributed by atoms with E-state index < -0.39 is 38.7 Å². The van der Waals surface area contributed by atoms with Crippen LogP contribution in [0.4, 0.5) is 21.7 Å². The molecule has 1 aromatic carbocycles. The number of anilines is 1. The van der Waals surface area contributed by atoms with E-state index in [0.29, 0.717) is 0 Å². The molecule has 0 aliphatic heterocycles. The fraction of sp³-hybridized carbons (Fsp3) is 0. The number of rotatable bonds is 4. The fourth-order valence-corrected chi connectivity index (χ4v) is 1.41. The summed E-state index contributed by atoms with van der Waals surface area (Å²) in [7, 11) is 0. The number of ether oxygens (including phenoxy) is 1. The molecule has 0 radical (unpaired) electrons. The molecule has 0 fully saturated rings. The molecule has 2 rings (SSSR count). The highest BCUT2D eigenvalue weighted by molar-refractivity contribution is 5.51. The number of nitro benzene ring substituents is 1. The van der Waals surface area contributed by atoms with Crippen molar-refractivity contribution in [2.24, 2.45) is 0 Å². The number of para-hydroxylation sites is 1. The average Bonchev–Trinajstić information content (AvgIpc) is 2.40. The molecule has 21 heavy (non-hydrogen) atoms. The summed E-state index contributed by atoms with van der Waals surface area (Å²) in [6.07, 6.45) is 0.754. The van der Waals surface area contributed by atoms with Crippen LogP contribution in [0.25, 0.3) is 0 Å². The molecule has 0 aliphatic carbocycles. The summed E-state index contributed by atoms with van der Waals surface area (Å²) in [6, 6.07) is 2.98. The van der Waals surface area contributed by atoms with Crippen LogP contribution >= 0.6 is 0 Å². The quantitative estimate of drug-likeness (QED) is 0.663. The molecule has 0 amide bonds. The van der Waals surface area contributed by atoms with Gasteiger partial charge in [-0.3, -0.25) is 20.2 Å². The molecular weight excluding hydrogens is 289 g/mol. The second-order valence-electron chi connectivity index (χ2n) is 3.62. The SMILES string of the molecule is Nc1ncc([N+](=O)[O-])c(Oc2c(F)cccc2[N+](=O)[O-])n1. The normalized spacial score (nSPS) is 10.1. The number of aromatic nitrogens is 2. The molecule has 0 bridgehead atoms. The van der Waals surface area contributed by atoms with Crippen LogP contribution in [0.15, 0.2) is 24.4 Å². The van der Waals surface area contributed by atoms with Gasteiger partial charge in [0.2, 0.25) is 11.7 Å². The maximum atomic E-state index is 13.7. The first-order valence-corrected chi connectivity index (χ1v) is 5.28. The maximum absolute atomic E-state index is 13.7. The van der Waals surface area contributed by atoms with Gasteiger partial charge in [-0.2, -0.15) is 4.98 Å². The van der Waals surface area contributed by atoms with E-state index in [-0.39, 0.29) is 5.95 Å². The van der Waals surface area contributed by atoms with Crippen molar-refractivity contribution < 1.29 is 19.0 Å². The number of halogens is 1. The lowest BCUT2D eigenvalue weighted by atomic mass is 10.3. The molecule has 1 heterocycles. The van der Waals surface area contributed by atoms with E-state index in [1.54, 1.807) is 0 Å². The predicted octanol–water partition coefficient (Wildman–Crippen LogP) is 1.81. The van der Waals surface area contributed by atoms with Gasteiger partial charge in [-0.1, -0.05) is 6.07 Å². The third kappa shape index (κ3) is 2.80. The van der Waals surface area contributed by atoms with Crippen LogP contribution < -0.4 is 10.5 Å². The van der Waals surface area contributed by atoms with Crippen molar-refractivity contribution in [2.75, 3.05) is 5.73 Å². The molecule has 108 valence electrons. The van der Waals surface area contributed by atoms with Crippen molar-refractivity contribution in [1.82, 2.24) is 9.97 Å². The van der Waals surface area contributed by atoms with Gasteiger partial charge in [0, 0.05) is 6.07 Å². The molecule has 1 aromatic heterocycles. The van der Waals surface area contributed by atoms with Crippen molar-refractivity contribution >= 4 is 17.3 Å². The predicted molar refractivity (Wildman–Crippen MR) is 66.2 cm³/mol. The van der Waals surface area contributed by atoms with Crippen LogP contribution in [0, 0.1) is 26.0 Å². The highest BCUT2D eigenvalue weighted by atomic mass is 19.1. The van der Waals surface area contributed by atoms with Crippen LogP contribution in [-0.2, 0) is 0 Å². The smallest absolute Gasteiger partial charge is 0.349 e. The lowest BCUT2D eigenvalue weighted by Gasteiger charge is -2.06. The Kier molecular flexibility index (Phi) is 3.56. The fourth-order valence-electron chi connectivity index (χ4n) is 1.41. The van der Waals surface area contributed by atoms with Gasteiger partial charge >= 0.3 is 17.3 Å². The molecule has 0 unspecified atom stereocenters. The number of hydrogen-bond donors (Lipinski definition) is 1. The second kappa shape index (κ2) is 5.32. The lowest BCUT2D eigenvalue weighted by molar-refractivity contribution is -0.388. The van der Waals surface area contributed by atoms with Crippen molar-refractivity contribution in [3.05, 3.63) is 50.4 Å². The van der Waals surface area contributed by atoms with Crippen LogP contribution in [0.2, 0.25) is 0 Å². The Labute approximate surface area is 115 Å². The van der Waals surface area contributed by atoms with Crippen LogP contribution in [0.5, 0.6) is 11.6 Å². The van der Waals surface area contributed by atoms with E-state index in [9.17, 15) is 24.6 Å². The summed E-state index contributed by atoms with van der Waals surface area (Å²) in [5, 5.41) is 21.6. The molecule has 0 spiro atoms. The monoisotopic (exact) mass is 295 g/mol. The van der Waals surface area contributed by atoms with Crippen molar-refractivity contribution in [3.8, 4) is 11.6 Å². The van der Waals surface area contributed by atoms with Crippen molar-refractivity contribution in [3.63, 3.8) is 0 Å².